The number of aromatic nitrogens is 6. The van der Waals surface area contributed by atoms with Crippen LogP contribution >= 0.6 is 0 Å². The number of halogens is 2. The number of hydrogen-bond acceptors (Lipinski definition) is 4. The minimum absolute atomic E-state index is 0.151. The fourth-order valence-corrected chi connectivity index (χ4v) is 5.05. The largest absolute Gasteiger partial charge is 0.345 e. The van der Waals surface area contributed by atoms with Crippen molar-refractivity contribution in [1.82, 2.24) is 29.1 Å². The summed E-state index contributed by atoms with van der Waals surface area (Å²) in [4.78, 5) is 18.7. The maximum atomic E-state index is 14.2. The molecule has 9 heteroatoms. The molecular formula is C27H24F2N6O. The van der Waals surface area contributed by atoms with Crippen molar-refractivity contribution in [2.45, 2.75) is 44.6 Å². The average molecular weight is 487 g/mol. The predicted molar refractivity (Wildman–Crippen MR) is 132 cm³/mol. The summed E-state index contributed by atoms with van der Waals surface area (Å²) in [6.07, 6.45) is 6.68. The lowest BCUT2D eigenvalue weighted by Crippen LogP contribution is -2.24. The van der Waals surface area contributed by atoms with Crippen LogP contribution in [-0.4, -0.2) is 29.1 Å². The van der Waals surface area contributed by atoms with Gasteiger partial charge in [-0.1, -0.05) is 6.07 Å². The van der Waals surface area contributed by atoms with E-state index < -0.39 is 6.43 Å². The Hall–Kier alpha value is -3.88. The van der Waals surface area contributed by atoms with Crippen LogP contribution in [0.4, 0.5) is 8.78 Å². The van der Waals surface area contributed by atoms with Gasteiger partial charge in [-0.3, -0.25) is 14.5 Å². The molecule has 4 aromatic heterocycles. The highest BCUT2D eigenvalue weighted by Crippen LogP contribution is 2.40. The van der Waals surface area contributed by atoms with Crippen LogP contribution in [0.25, 0.3) is 38.8 Å². The fraction of sp³-hybridized carbons (Fsp3) is 0.333. The molecular weight excluding hydrogens is 462 g/mol. The summed E-state index contributed by atoms with van der Waals surface area (Å²) >= 11 is 0. The molecule has 0 bridgehead atoms. The van der Waals surface area contributed by atoms with Crippen molar-refractivity contribution in [1.29, 1.82) is 0 Å². The van der Waals surface area contributed by atoms with Gasteiger partial charge >= 0.3 is 0 Å². The van der Waals surface area contributed by atoms with E-state index in [-0.39, 0.29) is 16.6 Å². The molecule has 2 saturated carbocycles. The molecule has 0 N–H and O–H groups in total. The highest BCUT2D eigenvalue weighted by molar-refractivity contribution is 5.94. The predicted octanol–water partition coefficient (Wildman–Crippen LogP) is 5.36. The zero-order valence-electron chi connectivity index (χ0n) is 19.7. The monoisotopic (exact) mass is 486 g/mol. The average Bonchev–Trinajstić information content (AvgIpc) is 3.79. The molecule has 5 aromatic rings. The maximum absolute atomic E-state index is 14.2. The number of pyridine rings is 1. The van der Waals surface area contributed by atoms with Crippen LogP contribution in [-0.2, 0) is 13.6 Å². The molecule has 0 spiro atoms. The summed E-state index contributed by atoms with van der Waals surface area (Å²) in [5, 5.41) is 9.75. The molecule has 182 valence electrons. The number of rotatable bonds is 6. The lowest BCUT2D eigenvalue weighted by atomic mass is 10.1. The summed E-state index contributed by atoms with van der Waals surface area (Å²) in [7, 11) is 1.82. The van der Waals surface area contributed by atoms with Gasteiger partial charge in [-0.2, -0.15) is 14.9 Å². The molecule has 1 aromatic carbocycles. The molecule has 2 aliphatic carbocycles. The first kappa shape index (κ1) is 21.4. The van der Waals surface area contributed by atoms with Gasteiger partial charge in [-0.25, -0.2) is 8.78 Å². The molecule has 2 fully saturated rings. The second-order valence-electron chi connectivity index (χ2n) is 10.1. The Bertz CT molecular complexity index is 1690. The van der Waals surface area contributed by atoms with Gasteiger partial charge in [-0.05, 0) is 55.9 Å². The molecule has 0 radical (unpaired) electrons. The Balaban J connectivity index is 1.51. The summed E-state index contributed by atoms with van der Waals surface area (Å²) in [6.45, 7) is 0.594. The molecule has 7 nitrogen and oxygen atoms in total. The van der Waals surface area contributed by atoms with Crippen molar-refractivity contribution in [2.24, 2.45) is 13.0 Å². The van der Waals surface area contributed by atoms with Gasteiger partial charge < -0.3 is 4.57 Å². The number of fused-ring (bicyclic) bond motifs is 2. The van der Waals surface area contributed by atoms with Crippen LogP contribution in [0, 0.1) is 5.92 Å². The van der Waals surface area contributed by atoms with Crippen LogP contribution in [0.15, 0.2) is 53.7 Å². The van der Waals surface area contributed by atoms with Gasteiger partial charge in [0.1, 0.15) is 5.52 Å². The molecule has 4 heterocycles. The third kappa shape index (κ3) is 3.53. The molecule has 0 amide bonds. The fourth-order valence-electron chi connectivity index (χ4n) is 5.05. The minimum Gasteiger partial charge on any atom is -0.345 e. The van der Waals surface area contributed by atoms with E-state index in [1.165, 1.54) is 10.9 Å². The first-order chi connectivity index (χ1) is 17.5. The van der Waals surface area contributed by atoms with E-state index in [9.17, 15) is 13.6 Å². The van der Waals surface area contributed by atoms with Gasteiger partial charge in [0.05, 0.1) is 27.8 Å². The Morgan fingerprint density at radius 1 is 1.06 bits per heavy atom. The number of nitrogens with zero attached hydrogens (tertiary/aromatic N) is 6. The second kappa shape index (κ2) is 7.81. The Morgan fingerprint density at radius 2 is 1.89 bits per heavy atom. The zero-order valence-corrected chi connectivity index (χ0v) is 19.7. The number of hydrogen-bond donors (Lipinski definition) is 0. The van der Waals surface area contributed by atoms with Crippen molar-refractivity contribution in [3.8, 4) is 16.8 Å². The Labute approximate surface area is 205 Å². The van der Waals surface area contributed by atoms with Gasteiger partial charge in [0, 0.05) is 54.7 Å². The van der Waals surface area contributed by atoms with Crippen molar-refractivity contribution in [3.63, 3.8) is 0 Å². The minimum atomic E-state index is -2.71. The quantitative estimate of drug-likeness (QED) is 0.324. The Kier molecular flexibility index (Phi) is 4.64. The summed E-state index contributed by atoms with van der Waals surface area (Å²) < 4.78 is 33.2. The zero-order chi connectivity index (χ0) is 24.6. The van der Waals surface area contributed by atoms with E-state index in [0.29, 0.717) is 40.7 Å². The molecule has 36 heavy (non-hydrogen) atoms. The van der Waals surface area contributed by atoms with Crippen molar-refractivity contribution >= 4 is 21.9 Å². The summed E-state index contributed by atoms with van der Waals surface area (Å²) in [6, 6.07) is 9.21. The first-order valence-corrected chi connectivity index (χ1v) is 12.3. The van der Waals surface area contributed by atoms with Crippen LogP contribution in [0.3, 0.4) is 0 Å². The number of aryl methyl sites for hydroxylation is 1. The molecule has 0 atom stereocenters. The topological polar surface area (TPSA) is 70.5 Å². The standard InChI is InChI=1S/C27H24F2N6O/c1-33-13-18-10-19(7-9-22(18)31-33)35-27(36)23(17-6-8-21(30-11-17)16-4-5-16)25-24(32-35)20(26(28)29)14-34(25)12-15-2-3-15/h6-11,13-16,26H,2-5,12H2,1H3. The van der Waals surface area contributed by atoms with Gasteiger partial charge in [0.15, 0.2) is 0 Å². The van der Waals surface area contributed by atoms with Crippen LogP contribution in [0.5, 0.6) is 0 Å². The van der Waals surface area contributed by atoms with E-state index in [1.54, 1.807) is 23.0 Å². The van der Waals surface area contributed by atoms with Crippen LogP contribution < -0.4 is 5.56 Å². The molecule has 0 unspecified atom stereocenters. The van der Waals surface area contributed by atoms with E-state index >= 15 is 0 Å². The van der Waals surface area contributed by atoms with Gasteiger partial charge in [0.25, 0.3) is 12.0 Å². The van der Waals surface area contributed by atoms with Crippen LogP contribution in [0.1, 0.15) is 49.3 Å². The lowest BCUT2D eigenvalue weighted by molar-refractivity contribution is 0.152. The van der Waals surface area contributed by atoms with E-state index in [0.717, 1.165) is 42.3 Å². The number of alkyl halides is 2. The highest BCUT2D eigenvalue weighted by atomic mass is 19.3. The third-order valence-corrected chi connectivity index (χ3v) is 7.23. The maximum Gasteiger partial charge on any atom is 0.281 e. The first-order valence-electron chi connectivity index (χ1n) is 12.3. The third-order valence-electron chi connectivity index (χ3n) is 7.23. The summed E-state index contributed by atoms with van der Waals surface area (Å²) in [5.41, 5.74) is 3.35. The van der Waals surface area contributed by atoms with Gasteiger partial charge in [-0.15, -0.1) is 0 Å². The lowest BCUT2D eigenvalue weighted by Gasteiger charge is -2.13. The van der Waals surface area contributed by atoms with E-state index in [1.807, 2.05) is 36.0 Å². The Morgan fingerprint density at radius 3 is 2.58 bits per heavy atom. The second-order valence-corrected chi connectivity index (χ2v) is 10.1. The normalized spacial score (nSPS) is 16.0. The van der Waals surface area contributed by atoms with E-state index in [2.05, 4.69) is 15.2 Å². The van der Waals surface area contributed by atoms with Crippen molar-refractivity contribution in [3.05, 3.63) is 70.5 Å². The summed E-state index contributed by atoms with van der Waals surface area (Å²) in [5.74, 6) is 0.910. The highest BCUT2D eigenvalue weighted by Gasteiger charge is 2.29. The number of benzene rings is 1. The van der Waals surface area contributed by atoms with Crippen molar-refractivity contribution in [2.75, 3.05) is 0 Å². The molecule has 0 aliphatic heterocycles. The van der Waals surface area contributed by atoms with E-state index in [4.69, 9.17) is 0 Å². The van der Waals surface area contributed by atoms with Crippen LogP contribution in [0.2, 0.25) is 0 Å². The molecule has 7 rings (SSSR count). The van der Waals surface area contributed by atoms with Crippen molar-refractivity contribution < 1.29 is 8.78 Å². The molecule has 2 aliphatic rings. The molecule has 0 saturated heterocycles. The smallest absolute Gasteiger partial charge is 0.281 e. The van der Waals surface area contributed by atoms with Gasteiger partial charge in [0.2, 0.25) is 0 Å². The SMILES string of the molecule is Cn1cc2cc(-n3nc4c(C(F)F)cn(CC5CC5)c4c(-c4ccc(C5CC5)nc4)c3=O)ccc2n1.